The van der Waals surface area contributed by atoms with E-state index in [0.29, 0.717) is 40.3 Å². The van der Waals surface area contributed by atoms with Gasteiger partial charge in [0.25, 0.3) is 0 Å². The SMILES string of the molecule is COc1ccc2nc(Cl)c(C3C(C#N)=C(N)N(c4ccc(Cl)cc4)C4=C3C(=O)CC(C)(C)C4)cc2c1. The number of hydrogen-bond acceptors (Lipinski definition) is 6. The predicted octanol–water partition coefficient (Wildman–Crippen LogP) is 6.49. The van der Waals surface area contributed by atoms with E-state index in [-0.39, 0.29) is 27.7 Å². The molecule has 8 heteroatoms. The summed E-state index contributed by atoms with van der Waals surface area (Å²) >= 11 is 12.8. The summed E-state index contributed by atoms with van der Waals surface area (Å²) in [5, 5.41) is 11.9. The van der Waals surface area contributed by atoms with Crippen LogP contribution in [0.4, 0.5) is 5.69 Å². The van der Waals surface area contributed by atoms with Gasteiger partial charge in [0.2, 0.25) is 0 Å². The highest BCUT2D eigenvalue weighted by molar-refractivity contribution is 6.31. The molecule has 6 nitrogen and oxygen atoms in total. The number of anilines is 1. The van der Waals surface area contributed by atoms with Crippen molar-refractivity contribution in [2.45, 2.75) is 32.6 Å². The Hall–Kier alpha value is -3.53. The summed E-state index contributed by atoms with van der Waals surface area (Å²) in [6, 6.07) is 16.8. The Morgan fingerprint density at radius 2 is 1.86 bits per heavy atom. The van der Waals surface area contributed by atoms with E-state index in [4.69, 9.17) is 33.7 Å². The van der Waals surface area contributed by atoms with Gasteiger partial charge in [-0.05, 0) is 60.4 Å². The molecule has 0 radical (unpaired) electrons. The van der Waals surface area contributed by atoms with Crippen LogP contribution in [0.3, 0.4) is 0 Å². The number of nitriles is 1. The van der Waals surface area contributed by atoms with Crippen LogP contribution in [0.15, 0.2) is 71.2 Å². The van der Waals surface area contributed by atoms with E-state index in [9.17, 15) is 10.1 Å². The minimum atomic E-state index is -0.729. The van der Waals surface area contributed by atoms with Crippen LogP contribution in [0.2, 0.25) is 10.2 Å². The molecule has 36 heavy (non-hydrogen) atoms. The van der Waals surface area contributed by atoms with Gasteiger partial charge in [-0.2, -0.15) is 5.26 Å². The summed E-state index contributed by atoms with van der Waals surface area (Å²) in [6.45, 7) is 4.11. The van der Waals surface area contributed by atoms with Gasteiger partial charge in [-0.3, -0.25) is 9.69 Å². The molecule has 1 aliphatic carbocycles. The molecule has 1 unspecified atom stereocenters. The van der Waals surface area contributed by atoms with Crippen molar-refractivity contribution in [1.82, 2.24) is 4.98 Å². The number of fused-ring (bicyclic) bond motifs is 1. The number of ether oxygens (including phenoxy) is 1. The van der Waals surface area contributed by atoms with Crippen LogP contribution in [0, 0.1) is 16.7 Å². The fraction of sp³-hybridized carbons (Fsp3) is 0.250. The van der Waals surface area contributed by atoms with Gasteiger partial charge in [-0.15, -0.1) is 0 Å². The average Bonchev–Trinajstić information content (AvgIpc) is 2.83. The summed E-state index contributed by atoms with van der Waals surface area (Å²) in [4.78, 5) is 20.1. The van der Waals surface area contributed by atoms with Crippen molar-refractivity contribution in [2.75, 3.05) is 12.0 Å². The Morgan fingerprint density at radius 3 is 2.53 bits per heavy atom. The maximum Gasteiger partial charge on any atom is 0.162 e. The molecule has 1 atom stereocenters. The van der Waals surface area contributed by atoms with Crippen LogP contribution in [0.5, 0.6) is 5.75 Å². The monoisotopic (exact) mass is 518 g/mol. The molecule has 0 fully saturated rings. The Balaban J connectivity index is 1.79. The summed E-state index contributed by atoms with van der Waals surface area (Å²) in [7, 11) is 1.59. The fourth-order valence-corrected chi connectivity index (χ4v) is 5.56. The number of halogens is 2. The zero-order valence-electron chi connectivity index (χ0n) is 20.1. The van der Waals surface area contributed by atoms with Crippen LogP contribution in [-0.2, 0) is 4.79 Å². The maximum absolute atomic E-state index is 13.7. The standard InChI is InChI=1S/C28H24Cl2N4O2/c1-28(2)12-22-25(23(35)13-28)24(19-11-15-10-18(36-3)8-9-21(15)33-26(19)30)20(14-31)27(32)34(22)17-6-4-16(29)5-7-17/h4-11,24H,12-13,32H2,1-3H3. The first-order valence-corrected chi connectivity index (χ1v) is 12.2. The van der Waals surface area contributed by atoms with Crippen LogP contribution >= 0.6 is 23.2 Å². The van der Waals surface area contributed by atoms with Crippen LogP contribution < -0.4 is 15.4 Å². The minimum absolute atomic E-state index is 0.0349. The van der Waals surface area contributed by atoms with Crippen LogP contribution in [-0.4, -0.2) is 17.9 Å². The third-order valence-electron chi connectivity index (χ3n) is 6.78. The number of aromatic nitrogens is 1. The second kappa shape index (κ2) is 8.85. The van der Waals surface area contributed by atoms with Gasteiger partial charge < -0.3 is 10.5 Å². The number of carbonyl (C=O) groups excluding carboxylic acids is 1. The van der Waals surface area contributed by atoms with Gasteiger partial charge >= 0.3 is 0 Å². The number of hydrogen-bond donors (Lipinski definition) is 1. The molecular weight excluding hydrogens is 495 g/mol. The fourth-order valence-electron chi connectivity index (χ4n) is 5.18. The maximum atomic E-state index is 13.7. The Kier molecular flexibility index (Phi) is 5.94. The molecule has 0 saturated heterocycles. The number of methoxy groups -OCH3 is 1. The normalized spacial score (nSPS) is 19.4. The molecule has 2 aromatic carbocycles. The molecule has 182 valence electrons. The number of nitrogens with zero attached hydrogens (tertiary/aromatic N) is 3. The molecule has 0 bridgehead atoms. The van der Waals surface area contributed by atoms with Crippen LogP contribution in [0.1, 0.15) is 38.2 Å². The minimum Gasteiger partial charge on any atom is -0.497 e. The lowest BCUT2D eigenvalue weighted by Gasteiger charge is -2.43. The van der Waals surface area contributed by atoms with E-state index >= 15 is 0 Å². The molecule has 0 saturated carbocycles. The van der Waals surface area contributed by atoms with E-state index in [1.807, 2.05) is 41.3 Å². The molecule has 2 aliphatic rings. The van der Waals surface area contributed by atoms with Crippen molar-refractivity contribution in [2.24, 2.45) is 11.1 Å². The van der Waals surface area contributed by atoms with Crippen LogP contribution in [0.25, 0.3) is 10.9 Å². The van der Waals surface area contributed by atoms with Gasteiger partial charge in [0.15, 0.2) is 5.78 Å². The highest BCUT2D eigenvalue weighted by atomic mass is 35.5. The molecule has 1 aliphatic heterocycles. The van der Waals surface area contributed by atoms with E-state index in [1.165, 1.54) is 0 Å². The second-order valence-corrected chi connectivity index (χ2v) is 10.7. The highest BCUT2D eigenvalue weighted by Gasteiger charge is 2.45. The average molecular weight is 519 g/mol. The lowest BCUT2D eigenvalue weighted by atomic mass is 9.68. The first kappa shape index (κ1) is 24.2. The first-order valence-electron chi connectivity index (χ1n) is 11.5. The topological polar surface area (TPSA) is 92.2 Å². The van der Waals surface area contributed by atoms with Gasteiger partial charge in [-0.25, -0.2) is 4.98 Å². The van der Waals surface area contributed by atoms with Crippen molar-refractivity contribution in [3.63, 3.8) is 0 Å². The smallest absolute Gasteiger partial charge is 0.162 e. The zero-order valence-corrected chi connectivity index (χ0v) is 21.6. The van der Waals surface area contributed by atoms with E-state index in [2.05, 4.69) is 24.9 Å². The van der Waals surface area contributed by atoms with E-state index in [0.717, 1.165) is 16.8 Å². The number of pyridine rings is 1. The second-order valence-electron chi connectivity index (χ2n) is 9.88. The van der Waals surface area contributed by atoms with Crippen molar-refractivity contribution < 1.29 is 9.53 Å². The molecule has 2 N–H and O–H groups in total. The van der Waals surface area contributed by atoms with Crippen molar-refractivity contribution in [3.05, 3.63) is 86.9 Å². The van der Waals surface area contributed by atoms with E-state index < -0.39 is 5.92 Å². The number of allylic oxidation sites excluding steroid dienone is 3. The largest absolute Gasteiger partial charge is 0.497 e. The molecule has 0 amide bonds. The summed E-state index contributed by atoms with van der Waals surface area (Å²) in [5.74, 6) is 0.164. The molecular formula is C28H24Cl2N4O2. The molecule has 0 spiro atoms. The Morgan fingerprint density at radius 1 is 1.14 bits per heavy atom. The zero-order chi connectivity index (χ0) is 25.8. The quantitative estimate of drug-likeness (QED) is 0.398. The number of ketones is 1. The number of Topliss-reactive ketones (excluding diaryl/α,β-unsaturated/α-hetero) is 1. The number of nitrogens with two attached hydrogens (primary N) is 1. The number of rotatable bonds is 3. The summed E-state index contributed by atoms with van der Waals surface area (Å²) in [5.41, 5.74) is 9.94. The molecule has 3 aromatic rings. The van der Waals surface area contributed by atoms with E-state index in [1.54, 1.807) is 19.2 Å². The lowest BCUT2D eigenvalue weighted by Crippen LogP contribution is -2.42. The third kappa shape index (κ3) is 3.99. The number of benzene rings is 2. The van der Waals surface area contributed by atoms with Crippen molar-refractivity contribution >= 4 is 45.6 Å². The highest BCUT2D eigenvalue weighted by Crippen LogP contribution is 2.51. The number of carbonyl (C=O) groups is 1. The summed E-state index contributed by atoms with van der Waals surface area (Å²) < 4.78 is 5.37. The van der Waals surface area contributed by atoms with Gasteiger partial charge in [0.05, 0.1) is 30.2 Å². The van der Waals surface area contributed by atoms with Gasteiger partial charge in [0.1, 0.15) is 16.7 Å². The van der Waals surface area contributed by atoms with Crippen molar-refractivity contribution in [1.29, 1.82) is 5.26 Å². The predicted molar refractivity (Wildman–Crippen MR) is 142 cm³/mol. The van der Waals surface area contributed by atoms with Gasteiger partial charge in [0, 0.05) is 39.4 Å². The Bertz CT molecular complexity index is 1520. The summed E-state index contributed by atoms with van der Waals surface area (Å²) in [6.07, 6.45) is 0.945. The van der Waals surface area contributed by atoms with Gasteiger partial charge in [-0.1, -0.05) is 37.0 Å². The molecule has 1 aromatic heterocycles. The molecule has 5 rings (SSSR count). The molecule has 2 heterocycles. The lowest BCUT2D eigenvalue weighted by molar-refractivity contribution is -0.118. The first-order chi connectivity index (χ1) is 17.1. The third-order valence-corrected chi connectivity index (χ3v) is 7.33. The van der Waals surface area contributed by atoms with Crippen molar-refractivity contribution in [3.8, 4) is 11.8 Å². The Labute approximate surface area is 219 Å².